The van der Waals surface area contributed by atoms with Crippen LogP contribution in [0.4, 0.5) is 5.69 Å². The van der Waals surface area contributed by atoms with E-state index >= 15 is 0 Å². The Kier molecular flexibility index (Phi) is 5.64. The summed E-state index contributed by atoms with van der Waals surface area (Å²) in [5.41, 5.74) is 2.08. The molecule has 0 atom stereocenters. The van der Waals surface area contributed by atoms with Crippen molar-refractivity contribution in [3.63, 3.8) is 0 Å². The highest BCUT2D eigenvalue weighted by atomic mass is 35.5. The van der Waals surface area contributed by atoms with Gasteiger partial charge in [0.05, 0.1) is 6.61 Å². The zero-order chi connectivity index (χ0) is 15.1. The Morgan fingerprint density at radius 1 is 1.10 bits per heavy atom. The van der Waals surface area contributed by atoms with Crippen LogP contribution in [0.5, 0.6) is 0 Å². The van der Waals surface area contributed by atoms with Gasteiger partial charge in [-0.05, 0) is 36.8 Å². The van der Waals surface area contributed by atoms with E-state index in [9.17, 15) is 4.79 Å². The van der Waals surface area contributed by atoms with Crippen LogP contribution in [-0.4, -0.2) is 19.1 Å². The molecule has 0 fully saturated rings. The van der Waals surface area contributed by atoms with Gasteiger partial charge in [0.1, 0.15) is 6.54 Å². The maximum absolute atomic E-state index is 11.8. The Morgan fingerprint density at radius 2 is 1.76 bits per heavy atom. The van der Waals surface area contributed by atoms with Crippen LogP contribution in [0, 0.1) is 0 Å². The van der Waals surface area contributed by atoms with Crippen LogP contribution >= 0.6 is 11.6 Å². The molecule has 2 aromatic rings. The molecule has 0 unspecified atom stereocenters. The lowest BCUT2D eigenvalue weighted by atomic mass is 10.2. The second kappa shape index (κ2) is 7.70. The summed E-state index contributed by atoms with van der Waals surface area (Å²) < 4.78 is 5.05. The Balaban J connectivity index is 2.17. The average Bonchev–Trinajstić information content (AvgIpc) is 2.49. The topological polar surface area (TPSA) is 29.5 Å². The van der Waals surface area contributed by atoms with Gasteiger partial charge >= 0.3 is 5.97 Å². The van der Waals surface area contributed by atoms with Gasteiger partial charge in [0.25, 0.3) is 0 Å². The number of nitrogens with zero attached hydrogens (tertiary/aromatic N) is 1. The Labute approximate surface area is 130 Å². The van der Waals surface area contributed by atoms with Gasteiger partial charge in [-0.3, -0.25) is 4.79 Å². The zero-order valence-electron chi connectivity index (χ0n) is 12.0. The first kappa shape index (κ1) is 15.4. The van der Waals surface area contributed by atoms with E-state index in [1.807, 2.05) is 66.4 Å². The molecule has 0 amide bonds. The fraction of sp³-hybridized carbons (Fsp3) is 0.235. The summed E-state index contributed by atoms with van der Waals surface area (Å²) in [7, 11) is 0. The van der Waals surface area contributed by atoms with E-state index in [1.54, 1.807) is 0 Å². The molecule has 4 heteroatoms. The number of carbonyl (C=O) groups is 1. The minimum absolute atomic E-state index is 0.213. The maximum atomic E-state index is 11.8. The predicted molar refractivity (Wildman–Crippen MR) is 85.6 cm³/mol. The number of rotatable bonds is 6. The molecule has 0 aliphatic carbocycles. The van der Waals surface area contributed by atoms with Gasteiger partial charge in [-0.2, -0.15) is 0 Å². The molecule has 0 aliphatic heterocycles. The fourth-order valence-electron chi connectivity index (χ4n) is 2.06. The Bertz CT molecular complexity index is 569. The third-order valence-electron chi connectivity index (χ3n) is 3.03. The van der Waals surface area contributed by atoms with Crippen LogP contribution in [0.3, 0.4) is 0 Å². The SMILES string of the molecule is CCOC(=O)CN(Cc1ccccc1)c1ccc(Cl)cc1. The molecule has 0 aromatic heterocycles. The van der Waals surface area contributed by atoms with E-state index in [4.69, 9.17) is 16.3 Å². The summed E-state index contributed by atoms with van der Waals surface area (Å²) in [6, 6.07) is 17.5. The van der Waals surface area contributed by atoms with Crippen molar-refractivity contribution in [3.8, 4) is 0 Å². The van der Waals surface area contributed by atoms with Crippen molar-refractivity contribution in [3.05, 3.63) is 65.2 Å². The maximum Gasteiger partial charge on any atom is 0.325 e. The number of hydrogen-bond donors (Lipinski definition) is 0. The summed E-state index contributed by atoms with van der Waals surface area (Å²) in [5.74, 6) is -0.233. The van der Waals surface area contributed by atoms with E-state index < -0.39 is 0 Å². The van der Waals surface area contributed by atoms with Crippen LogP contribution in [0.25, 0.3) is 0 Å². The quantitative estimate of drug-likeness (QED) is 0.758. The lowest BCUT2D eigenvalue weighted by Crippen LogP contribution is -2.30. The first-order valence-electron chi connectivity index (χ1n) is 6.89. The largest absolute Gasteiger partial charge is 0.465 e. The van der Waals surface area contributed by atoms with E-state index in [1.165, 1.54) is 0 Å². The molecule has 0 radical (unpaired) electrons. The average molecular weight is 304 g/mol. The van der Waals surface area contributed by atoms with Gasteiger partial charge in [0, 0.05) is 17.3 Å². The minimum atomic E-state index is -0.233. The predicted octanol–water partition coefficient (Wildman–Crippen LogP) is 3.91. The third kappa shape index (κ3) is 4.80. The molecular formula is C17H18ClNO2. The zero-order valence-corrected chi connectivity index (χ0v) is 12.7. The molecule has 0 bridgehead atoms. The van der Waals surface area contributed by atoms with Crippen LogP contribution in [-0.2, 0) is 16.1 Å². The van der Waals surface area contributed by atoms with E-state index in [0.29, 0.717) is 18.2 Å². The number of halogens is 1. The first-order chi connectivity index (χ1) is 10.2. The molecule has 0 saturated carbocycles. The number of benzene rings is 2. The van der Waals surface area contributed by atoms with Crippen molar-refractivity contribution < 1.29 is 9.53 Å². The lowest BCUT2D eigenvalue weighted by Gasteiger charge is -2.24. The van der Waals surface area contributed by atoms with Crippen molar-refractivity contribution in [2.45, 2.75) is 13.5 Å². The lowest BCUT2D eigenvalue weighted by molar-refractivity contribution is -0.141. The van der Waals surface area contributed by atoms with Crippen molar-refractivity contribution in [2.24, 2.45) is 0 Å². The van der Waals surface area contributed by atoms with Crippen molar-refractivity contribution in [1.82, 2.24) is 0 Å². The monoisotopic (exact) mass is 303 g/mol. The second-order valence-corrected chi connectivity index (χ2v) is 5.06. The Morgan fingerprint density at radius 3 is 2.38 bits per heavy atom. The highest BCUT2D eigenvalue weighted by Gasteiger charge is 2.13. The van der Waals surface area contributed by atoms with Gasteiger partial charge in [-0.1, -0.05) is 41.9 Å². The van der Waals surface area contributed by atoms with Gasteiger partial charge in [-0.25, -0.2) is 0 Å². The van der Waals surface area contributed by atoms with Crippen molar-refractivity contribution in [1.29, 1.82) is 0 Å². The second-order valence-electron chi connectivity index (χ2n) is 4.62. The molecule has 2 rings (SSSR count). The van der Waals surface area contributed by atoms with E-state index in [0.717, 1.165) is 11.3 Å². The third-order valence-corrected chi connectivity index (χ3v) is 3.29. The molecule has 0 spiro atoms. The minimum Gasteiger partial charge on any atom is -0.465 e. The van der Waals surface area contributed by atoms with Crippen molar-refractivity contribution >= 4 is 23.3 Å². The van der Waals surface area contributed by atoms with Gasteiger partial charge in [0.15, 0.2) is 0 Å². The fourth-order valence-corrected chi connectivity index (χ4v) is 2.18. The van der Waals surface area contributed by atoms with Gasteiger partial charge < -0.3 is 9.64 Å². The smallest absolute Gasteiger partial charge is 0.325 e. The Hall–Kier alpha value is -2.00. The summed E-state index contributed by atoms with van der Waals surface area (Å²) >= 11 is 5.92. The standard InChI is InChI=1S/C17H18ClNO2/c1-2-21-17(20)13-19(12-14-6-4-3-5-7-14)16-10-8-15(18)9-11-16/h3-11H,2,12-13H2,1H3. The summed E-state index contributed by atoms with van der Waals surface area (Å²) in [4.78, 5) is 13.8. The van der Waals surface area contributed by atoms with Crippen LogP contribution in [0.2, 0.25) is 5.02 Å². The number of ether oxygens (including phenoxy) is 1. The molecule has 2 aromatic carbocycles. The molecule has 110 valence electrons. The highest BCUT2D eigenvalue weighted by molar-refractivity contribution is 6.30. The van der Waals surface area contributed by atoms with Crippen LogP contribution in [0.1, 0.15) is 12.5 Å². The van der Waals surface area contributed by atoms with Gasteiger partial charge in [0.2, 0.25) is 0 Å². The van der Waals surface area contributed by atoms with E-state index in [2.05, 4.69) is 0 Å². The number of carbonyl (C=O) groups excluding carboxylic acids is 1. The van der Waals surface area contributed by atoms with Gasteiger partial charge in [-0.15, -0.1) is 0 Å². The molecule has 0 N–H and O–H groups in total. The number of anilines is 1. The molecule has 3 nitrogen and oxygen atoms in total. The highest BCUT2D eigenvalue weighted by Crippen LogP contribution is 2.20. The normalized spacial score (nSPS) is 10.2. The van der Waals surface area contributed by atoms with Crippen LogP contribution < -0.4 is 4.90 Å². The molecule has 21 heavy (non-hydrogen) atoms. The summed E-state index contributed by atoms with van der Waals surface area (Å²) in [6.45, 7) is 3.05. The number of hydrogen-bond acceptors (Lipinski definition) is 3. The molecule has 0 aliphatic rings. The summed E-state index contributed by atoms with van der Waals surface area (Å²) in [6.07, 6.45) is 0. The number of esters is 1. The molecule has 0 saturated heterocycles. The first-order valence-corrected chi connectivity index (χ1v) is 7.27. The van der Waals surface area contributed by atoms with Crippen LogP contribution in [0.15, 0.2) is 54.6 Å². The van der Waals surface area contributed by atoms with Crippen molar-refractivity contribution in [2.75, 3.05) is 18.1 Å². The summed E-state index contributed by atoms with van der Waals surface area (Å²) in [5, 5.41) is 0.676. The van der Waals surface area contributed by atoms with E-state index in [-0.39, 0.29) is 12.5 Å². The molecule has 0 heterocycles. The molecular weight excluding hydrogens is 286 g/mol.